The normalized spacial score (nSPS) is 29.6. The second-order valence-corrected chi connectivity index (χ2v) is 5.76. The first-order valence-electron chi connectivity index (χ1n) is 7.28. The van der Waals surface area contributed by atoms with E-state index in [-0.39, 0.29) is 0 Å². The summed E-state index contributed by atoms with van der Waals surface area (Å²) >= 11 is 0. The molecule has 0 spiro atoms. The molecule has 3 nitrogen and oxygen atoms in total. The van der Waals surface area contributed by atoms with Crippen LogP contribution in [0.3, 0.4) is 0 Å². The van der Waals surface area contributed by atoms with E-state index in [0.29, 0.717) is 6.04 Å². The molecule has 100 valence electrons. The lowest BCUT2D eigenvalue weighted by Gasteiger charge is -2.29. The molecule has 0 radical (unpaired) electrons. The first-order chi connectivity index (χ1) is 8.27. The van der Waals surface area contributed by atoms with Gasteiger partial charge >= 0.3 is 0 Å². The van der Waals surface area contributed by atoms with E-state index in [0.717, 1.165) is 25.2 Å². The molecule has 0 bridgehead atoms. The van der Waals surface area contributed by atoms with Gasteiger partial charge in [-0.25, -0.2) is 0 Å². The fourth-order valence-electron chi connectivity index (χ4n) is 3.20. The Bertz CT molecular complexity index is 216. The minimum absolute atomic E-state index is 0.658. The van der Waals surface area contributed by atoms with Gasteiger partial charge in [0.05, 0.1) is 0 Å². The van der Waals surface area contributed by atoms with Gasteiger partial charge in [0.25, 0.3) is 0 Å². The summed E-state index contributed by atoms with van der Waals surface area (Å²) in [6.45, 7) is 6.73. The topological polar surface area (TPSA) is 24.5 Å². The maximum absolute atomic E-state index is 5.42. The van der Waals surface area contributed by atoms with Gasteiger partial charge in [0.2, 0.25) is 0 Å². The Morgan fingerprint density at radius 1 is 1.29 bits per heavy atom. The highest BCUT2D eigenvalue weighted by Gasteiger charge is 2.22. The molecule has 3 heteroatoms. The van der Waals surface area contributed by atoms with Gasteiger partial charge in [-0.1, -0.05) is 0 Å². The van der Waals surface area contributed by atoms with Gasteiger partial charge in [-0.3, -0.25) is 0 Å². The van der Waals surface area contributed by atoms with Gasteiger partial charge in [-0.05, 0) is 65.1 Å². The van der Waals surface area contributed by atoms with E-state index >= 15 is 0 Å². The van der Waals surface area contributed by atoms with Crippen LogP contribution in [0.5, 0.6) is 0 Å². The van der Waals surface area contributed by atoms with Crippen LogP contribution in [0, 0.1) is 5.92 Å². The number of rotatable bonds is 5. The maximum atomic E-state index is 5.42. The third-order valence-corrected chi connectivity index (χ3v) is 4.59. The Balaban J connectivity index is 1.60. The van der Waals surface area contributed by atoms with Crippen molar-refractivity contribution in [3.05, 3.63) is 0 Å². The van der Waals surface area contributed by atoms with Gasteiger partial charge < -0.3 is 15.0 Å². The molecule has 0 aromatic rings. The molecule has 0 aromatic carbocycles. The van der Waals surface area contributed by atoms with E-state index < -0.39 is 0 Å². The van der Waals surface area contributed by atoms with Gasteiger partial charge in [-0.2, -0.15) is 0 Å². The molecule has 17 heavy (non-hydrogen) atoms. The molecule has 2 rings (SSSR count). The van der Waals surface area contributed by atoms with Crippen LogP contribution in [-0.2, 0) is 4.74 Å². The zero-order chi connectivity index (χ0) is 12.1. The monoisotopic (exact) mass is 240 g/mol. The second-order valence-electron chi connectivity index (χ2n) is 5.76. The van der Waals surface area contributed by atoms with Crippen molar-refractivity contribution in [1.29, 1.82) is 0 Å². The van der Waals surface area contributed by atoms with Gasteiger partial charge in [0, 0.05) is 25.3 Å². The summed E-state index contributed by atoms with van der Waals surface area (Å²) in [5.74, 6) is 0.824. The number of nitrogens with one attached hydrogen (secondary N) is 1. The fraction of sp³-hybridized carbons (Fsp3) is 1.00. The predicted molar refractivity (Wildman–Crippen MR) is 71.3 cm³/mol. The van der Waals surface area contributed by atoms with Crippen LogP contribution in [0.1, 0.15) is 39.0 Å². The molecular formula is C14H28N2O. The van der Waals surface area contributed by atoms with Gasteiger partial charge in [0.1, 0.15) is 0 Å². The van der Waals surface area contributed by atoms with Crippen molar-refractivity contribution >= 4 is 0 Å². The van der Waals surface area contributed by atoms with Crippen molar-refractivity contribution in [1.82, 2.24) is 10.2 Å². The number of hydrogen-bond acceptors (Lipinski definition) is 3. The Hall–Kier alpha value is -0.120. The highest BCUT2D eigenvalue weighted by molar-refractivity contribution is 4.79. The lowest BCUT2D eigenvalue weighted by Crippen LogP contribution is -2.39. The van der Waals surface area contributed by atoms with Crippen LogP contribution < -0.4 is 5.32 Å². The molecule has 2 fully saturated rings. The minimum Gasteiger partial charge on any atom is -0.381 e. The van der Waals surface area contributed by atoms with E-state index in [4.69, 9.17) is 4.74 Å². The van der Waals surface area contributed by atoms with Gasteiger partial charge in [-0.15, -0.1) is 0 Å². The average Bonchev–Trinajstić information content (AvgIpc) is 2.76. The van der Waals surface area contributed by atoms with Crippen LogP contribution >= 0.6 is 0 Å². The molecule has 0 aromatic heterocycles. The zero-order valence-electron chi connectivity index (χ0n) is 11.5. The average molecular weight is 240 g/mol. The van der Waals surface area contributed by atoms with E-state index in [1.54, 1.807) is 0 Å². The summed E-state index contributed by atoms with van der Waals surface area (Å²) in [5, 5.41) is 3.72. The molecule has 2 aliphatic rings. The third kappa shape index (κ3) is 3.94. The van der Waals surface area contributed by atoms with Gasteiger partial charge in [0.15, 0.2) is 0 Å². The molecule has 2 saturated heterocycles. The summed E-state index contributed by atoms with van der Waals surface area (Å²) in [6.07, 6.45) is 6.56. The molecule has 0 aliphatic carbocycles. The quantitative estimate of drug-likeness (QED) is 0.794. The fourth-order valence-corrected chi connectivity index (χ4v) is 3.20. The van der Waals surface area contributed by atoms with E-state index in [9.17, 15) is 0 Å². The predicted octanol–water partition coefficient (Wildman–Crippen LogP) is 1.88. The van der Waals surface area contributed by atoms with Crippen LogP contribution in [0.4, 0.5) is 0 Å². The smallest absolute Gasteiger partial charge is 0.0469 e. The standard InChI is InChI=1S/C14H28N2O/c1-12(13-6-10-17-11-7-13)15-8-5-14-4-3-9-16(14)2/h12-15H,3-11H2,1-2H3/t12-,14+/m1/s1. The highest BCUT2D eigenvalue weighted by atomic mass is 16.5. The molecule has 2 aliphatic heterocycles. The Labute approximate surface area is 106 Å². The summed E-state index contributed by atoms with van der Waals surface area (Å²) in [7, 11) is 2.26. The summed E-state index contributed by atoms with van der Waals surface area (Å²) in [5.41, 5.74) is 0. The van der Waals surface area contributed by atoms with Crippen molar-refractivity contribution in [3.8, 4) is 0 Å². The first kappa shape index (κ1) is 13.3. The van der Waals surface area contributed by atoms with Crippen molar-refractivity contribution in [2.45, 2.75) is 51.1 Å². The maximum Gasteiger partial charge on any atom is 0.0469 e. The SMILES string of the molecule is C[C@@H](NCC[C@@H]1CCCN1C)C1CCOCC1. The molecule has 0 amide bonds. The third-order valence-electron chi connectivity index (χ3n) is 4.59. The lowest BCUT2D eigenvalue weighted by molar-refractivity contribution is 0.0558. The number of nitrogens with zero attached hydrogens (tertiary/aromatic N) is 1. The van der Waals surface area contributed by atoms with Crippen molar-refractivity contribution in [3.63, 3.8) is 0 Å². The molecular weight excluding hydrogens is 212 g/mol. The number of ether oxygens (including phenoxy) is 1. The van der Waals surface area contributed by atoms with Crippen molar-refractivity contribution in [2.24, 2.45) is 5.92 Å². The van der Waals surface area contributed by atoms with E-state index in [2.05, 4.69) is 24.2 Å². The first-order valence-corrected chi connectivity index (χ1v) is 7.28. The number of hydrogen-bond donors (Lipinski definition) is 1. The Morgan fingerprint density at radius 2 is 2.06 bits per heavy atom. The van der Waals surface area contributed by atoms with Crippen LogP contribution in [0.15, 0.2) is 0 Å². The van der Waals surface area contributed by atoms with Crippen molar-refractivity contribution < 1.29 is 4.74 Å². The van der Waals surface area contributed by atoms with E-state index in [1.165, 1.54) is 45.2 Å². The molecule has 2 atom stereocenters. The summed E-state index contributed by atoms with van der Waals surface area (Å²) in [4.78, 5) is 2.51. The molecule has 2 heterocycles. The van der Waals surface area contributed by atoms with Crippen LogP contribution in [0.2, 0.25) is 0 Å². The van der Waals surface area contributed by atoms with Crippen LogP contribution in [-0.4, -0.2) is 50.3 Å². The molecule has 0 saturated carbocycles. The highest BCUT2D eigenvalue weighted by Crippen LogP contribution is 2.20. The number of likely N-dealkylation sites (tertiary alicyclic amines) is 1. The molecule has 1 N–H and O–H groups in total. The van der Waals surface area contributed by atoms with Crippen LogP contribution in [0.25, 0.3) is 0 Å². The van der Waals surface area contributed by atoms with E-state index in [1.807, 2.05) is 0 Å². The summed E-state index contributed by atoms with van der Waals surface area (Å²) in [6, 6.07) is 1.48. The van der Waals surface area contributed by atoms with Crippen molar-refractivity contribution in [2.75, 3.05) is 33.4 Å². The zero-order valence-corrected chi connectivity index (χ0v) is 11.5. The Kier molecular flexibility index (Phi) is 5.26. The summed E-state index contributed by atoms with van der Waals surface area (Å²) < 4.78 is 5.42. The Morgan fingerprint density at radius 3 is 2.71 bits per heavy atom. The lowest BCUT2D eigenvalue weighted by atomic mass is 9.93. The molecule has 0 unspecified atom stereocenters. The second kappa shape index (κ2) is 6.72. The minimum atomic E-state index is 0.658. The largest absolute Gasteiger partial charge is 0.381 e.